The molecule has 12 heteroatoms. The number of pyridine rings is 2. The van der Waals surface area contributed by atoms with Crippen LogP contribution in [0, 0.1) is 12.7 Å². The van der Waals surface area contributed by atoms with E-state index in [0.717, 1.165) is 27.8 Å². The average molecular weight is 629 g/mol. The summed E-state index contributed by atoms with van der Waals surface area (Å²) in [5.41, 5.74) is 3.07. The number of nitrogens with one attached hydrogen (secondary N) is 2. The molecule has 6 rings (SSSR count). The number of amides is 1. The van der Waals surface area contributed by atoms with Crippen LogP contribution in [0.2, 0.25) is 0 Å². The molecule has 1 amide bonds. The van der Waals surface area contributed by atoms with Gasteiger partial charge in [0.15, 0.2) is 5.65 Å². The lowest BCUT2D eigenvalue weighted by atomic mass is 9.85. The summed E-state index contributed by atoms with van der Waals surface area (Å²) >= 11 is 0. The summed E-state index contributed by atoms with van der Waals surface area (Å²) in [7, 11) is 1.95. The SMILES string of the molecule is CCOc1cc(-c2ccc(N3CCC(CN(C)CC(C)(C)O)(NC(=O)c4cc(F)ccc4C)CC3)nc2)c2c3cn[nH]c3nn2c1. The highest BCUT2D eigenvalue weighted by atomic mass is 19.1. The Balaban J connectivity index is 1.23. The van der Waals surface area contributed by atoms with Crippen molar-refractivity contribution < 1.29 is 19.0 Å². The van der Waals surface area contributed by atoms with Crippen molar-refractivity contribution in [2.75, 3.05) is 44.7 Å². The van der Waals surface area contributed by atoms with Gasteiger partial charge in [-0.15, -0.1) is 5.10 Å². The van der Waals surface area contributed by atoms with Crippen molar-refractivity contribution >= 4 is 28.3 Å². The number of hydrogen-bond acceptors (Lipinski definition) is 8. The third kappa shape index (κ3) is 6.54. The first-order valence-electron chi connectivity index (χ1n) is 15.6. The van der Waals surface area contributed by atoms with Gasteiger partial charge in [0, 0.05) is 49.1 Å². The molecular weight excluding hydrogens is 587 g/mol. The smallest absolute Gasteiger partial charge is 0.252 e. The number of aromatic nitrogens is 5. The van der Waals surface area contributed by atoms with Crippen molar-refractivity contribution in [2.24, 2.45) is 0 Å². The van der Waals surface area contributed by atoms with E-state index in [1.165, 1.54) is 12.1 Å². The summed E-state index contributed by atoms with van der Waals surface area (Å²) in [6.45, 7) is 10.1. The Morgan fingerprint density at radius 3 is 2.67 bits per heavy atom. The van der Waals surface area contributed by atoms with Gasteiger partial charge in [0.2, 0.25) is 0 Å². The number of piperidine rings is 1. The van der Waals surface area contributed by atoms with Crippen molar-refractivity contribution in [1.82, 2.24) is 35.0 Å². The van der Waals surface area contributed by atoms with Gasteiger partial charge in [-0.1, -0.05) is 6.07 Å². The van der Waals surface area contributed by atoms with E-state index in [-0.39, 0.29) is 5.91 Å². The molecule has 0 spiro atoms. The van der Waals surface area contributed by atoms with E-state index in [1.54, 1.807) is 26.1 Å². The van der Waals surface area contributed by atoms with Gasteiger partial charge >= 0.3 is 0 Å². The molecule has 0 radical (unpaired) electrons. The first-order valence-corrected chi connectivity index (χ1v) is 15.6. The van der Waals surface area contributed by atoms with Crippen LogP contribution in [0.1, 0.15) is 49.5 Å². The minimum Gasteiger partial charge on any atom is -0.492 e. The predicted octanol–water partition coefficient (Wildman–Crippen LogP) is 4.59. The van der Waals surface area contributed by atoms with Crippen molar-refractivity contribution in [3.8, 4) is 16.9 Å². The first kappa shape index (κ1) is 31.4. The van der Waals surface area contributed by atoms with Crippen LogP contribution in [-0.4, -0.2) is 91.7 Å². The summed E-state index contributed by atoms with van der Waals surface area (Å²) < 4.78 is 21.7. The number of fused-ring (bicyclic) bond motifs is 3. The summed E-state index contributed by atoms with van der Waals surface area (Å²) in [5, 5.41) is 26.4. The van der Waals surface area contributed by atoms with Gasteiger partial charge in [0.1, 0.15) is 17.4 Å². The van der Waals surface area contributed by atoms with E-state index < -0.39 is 17.0 Å². The van der Waals surface area contributed by atoms with E-state index >= 15 is 0 Å². The molecule has 0 unspecified atom stereocenters. The van der Waals surface area contributed by atoms with E-state index in [1.807, 2.05) is 54.8 Å². The summed E-state index contributed by atoms with van der Waals surface area (Å²) in [5.74, 6) is 0.816. The molecule has 5 aromatic rings. The molecule has 3 N–H and O–H groups in total. The van der Waals surface area contributed by atoms with Crippen LogP contribution >= 0.6 is 0 Å². The molecule has 4 aromatic heterocycles. The van der Waals surface area contributed by atoms with Crippen LogP contribution in [0.4, 0.5) is 10.2 Å². The molecule has 1 aliphatic heterocycles. The molecule has 1 fully saturated rings. The maximum atomic E-state index is 14.1. The van der Waals surface area contributed by atoms with E-state index in [2.05, 4.69) is 31.6 Å². The van der Waals surface area contributed by atoms with Gasteiger partial charge in [-0.2, -0.15) is 5.10 Å². The second-order valence-corrected chi connectivity index (χ2v) is 13.0. The molecule has 1 saturated heterocycles. The molecule has 11 nitrogen and oxygen atoms in total. The van der Waals surface area contributed by atoms with Gasteiger partial charge in [-0.25, -0.2) is 13.9 Å². The molecule has 1 aliphatic rings. The Bertz CT molecular complexity index is 1850. The van der Waals surface area contributed by atoms with Gasteiger partial charge < -0.3 is 25.0 Å². The Morgan fingerprint density at radius 2 is 1.98 bits per heavy atom. The number of carbonyl (C=O) groups excluding carboxylic acids is 1. The monoisotopic (exact) mass is 628 g/mol. The zero-order valence-corrected chi connectivity index (χ0v) is 27.0. The number of nitrogens with zero attached hydrogens (tertiary/aromatic N) is 6. The van der Waals surface area contributed by atoms with Crippen LogP contribution in [-0.2, 0) is 0 Å². The fourth-order valence-corrected chi connectivity index (χ4v) is 6.61. The molecule has 5 heterocycles. The number of aromatic amines is 1. The lowest BCUT2D eigenvalue weighted by molar-refractivity contribution is 0.0326. The van der Waals surface area contributed by atoms with Gasteiger partial charge in [0.25, 0.3) is 5.91 Å². The number of halogens is 1. The van der Waals surface area contributed by atoms with Crippen LogP contribution in [0.25, 0.3) is 27.7 Å². The fourth-order valence-electron chi connectivity index (χ4n) is 6.61. The van der Waals surface area contributed by atoms with E-state index in [0.29, 0.717) is 68.2 Å². The zero-order valence-electron chi connectivity index (χ0n) is 27.0. The first-order chi connectivity index (χ1) is 21.9. The number of anilines is 1. The average Bonchev–Trinajstić information content (AvgIpc) is 3.59. The lowest BCUT2D eigenvalue weighted by Gasteiger charge is -2.45. The summed E-state index contributed by atoms with van der Waals surface area (Å²) in [6.07, 6.45) is 6.81. The Kier molecular flexibility index (Phi) is 8.43. The number of H-pyrrole nitrogens is 1. The number of carbonyl (C=O) groups is 1. The van der Waals surface area contributed by atoms with Crippen molar-refractivity contribution in [2.45, 2.75) is 51.7 Å². The predicted molar refractivity (Wildman–Crippen MR) is 176 cm³/mol. The second kappa shape index (κ2) is 12.3. The maximum Gasteiger partial charge on any atom is 0.252 e. The third-order valence-corrected chi connectivity index (χ3v) is 8.57. The number of benzene rings is 1. The standard InChI is InChI=1S/C34H41FN8O3/c1-6-46-25-16-27(30-28-18-37-39-31(28)40-43(30)19-25)23-8-10-29(36-17-23)42-13-11-34(12-14-42,21-41(5)20-33(3,4)45)38-32(44)26-15-24(35)9-7-22(26)2/h7-10,15-19,45H,6,11-14,20-21H2,1-5H3,(H,38,44)(H,39,40). The highest BCUT2D eigenvalue weighted by Gasteiger charge is 2.38. The molecule has 0 aliphatic carbocycles. The molecule has 0 saturated carbocycles. The molecule has 1 aromatic carbocycles. The number of rotatable bonds is 10. The molecule has 242 valence electrons. The number of aliphatic hydroxyl groups is 1. The van der Waals surface area contributed by atoms with Crippen molar-refractivity contribution in [3.05, 3.63) is 71.9 Å². The Labute approximate surface area is 267 Å². The van der Waals surface area contributed by atoms with Gasteiger partial charge in [-0.05, 0) is 83.5 Å². The normalized spacial score (nSPS) is 15.2. The van der Waals surface area contributed by atoms with E-state index in [9.17, 15) is 14.3 Å². The number of ether oxygens (including phenoxy) is 1. The summed E-state index contributed by atoms with van der Waals surface area (Å²) in [6, 6.07) is 10.4. The molecular formula is C34H41FN8O3. The minimum absolute atomic E-state index is 0.295. The molecule has 0 atom stereocenters. The van der Waals surface area contributed by atoms with Crippen LogP contribution < -0.4 is 15.0 Å². The highest BCUT2D eigenvalue weighted by molar-refractivity contribution is 6.01. The Morgan fingerprint density at radius 1 is 1.20 bits per heavy atom. The Hall–Kier alpha value is -4.55. The fraction of sp³-hybridized carbons (Fsp3) is 0.412. The number of likely N-dealkylation sites (N-methyl/N-ethyl adjacent to an activating group) is 1. The minimum atomic E-state index is -0.889. The number of aryl methyl sites for hydroxylation is 1. The largest absolute Gasteiger partial charge is 0.492 e. The van der Waals surface area contributed by atoms with E-state index in [4.69, 9.17) is 9.72 Å². The summed E-state index contributed by atoms with van der Waals surface area (Å²) in [4.78, 5) is 22.6. The van der Waals surface area contributed by atoms with Gasteiger partial charge in [-0.3, -0.25) is 9.89 Å². The van der Waals surface area contributed by atoms with Crippen LogP contribution in [0.5, 0.6) is 5.75 Å². The van der Waals surface area contributed by atoms with Crippen molar-refractivity contribution in [1.29, 1.82) is 0 Å². The highest BCUT2D eigenvalue weighted by Crippen LogP contribution is 2.34. The maximum absolute atomic E-state index is 14.1. The molecule has 46 heavy (non-hydrogen) atoms. The third-order valence-electron chi connectivity index (χ3n) is 8.57. The van der Waals surface area contributed by atoms with Gasteiger partial charge in [0.05, 0.1) is 41.0 Å². The quantitative estimate of drug-likeness (QED) is 0.205. The lowest BCUT2D eigenvalue weighted by Crippen LogP contribution is -2.61. The topological polar surface area (TPSA) is 124 Å². The zero-order chi connectivity index (χ0) is 32.6. The van der Waals surface area contributed by atoms with Crippen LogP contribution in [0.15, 0.2) is 55.0 Å². The molecule has 0 bridgehead atoms. The van der Waals surface area contributed by atoms with Crippen LogP contribution in [0.3, 0.4) is 0 Å². The number of hydrogen-bond donors (Lipinski definition) is 3. The van der Waals surface area contributed by atoms with Crippen molar-refractivity contribution in [3.63, 3.8) is 0 Å². The second-order valence-electron chi connectivity index (χ2n) is 13.0.